The van der Waals surface area contributed by atoms with Crippen LogP contribution in [0.3, 0.4) is 0 Å². The monoisotopic (exact) mass is 183 g/mol. The molecule has 0 aliphatic carbocycles. The molecule has 1 atom stereocenters. The number of hydrogen-bond acceptors (Lipinski definition) is 4. The lowest BCUT2D eigenvalue weighted by Gasteiger charge is -2.06. The lowest BCUT2D eigenvalue weighted by atomic mass is 10.7. The summed E-state index contributed by atoms with van der Waals surface area (Å²) in [5.41, 5.74) is 5.13. The van der Waals surface area contributed by atoms with Gasteiger partial charge in [0.1, 0.15) is 0 Å². The molecule has 0 aromatic carbocycles. The van der Waals surface area contributed by atoms with Crippen LogP contribution < -0.4 is 5.73 Å². The molecule has 68 valence electrons. The Morgan fingerprint density at radius 2 is 2.09 bits per heavy atom. The SMILES string of the molecule is CP(=O)(O)OCCOCCN. The van der Waals surface area contributed by atoms with Crippen LogP contribution in [0.5, 0.6) is 0 Å². The third kappa shape index (κ3) is 10.1. The van der Waals surface area contributed by atoms with Crippen molar-refractivity contribution < 1.29 is 18.7 Å². The third-order valence-electron chi connectivity index (χ3n) is 0.821. The second-order valence-electron chi connectivity index (χ2n) is 2.04. The summed E-state index contributed by atoms with van der Waals surface area (Å²) in [6, 6.07) is 0. The fraction of sp³-hybridized carbons (Fsp3) is 1.00. The number of rotatable bonds is 6. The summed E-state index contributed by atoms with van der Waals surface area (Å²) < 4.78 is 19.9. The average Bonchev–Trinajstić information content (AvgIpc) is 1.85. The molecular formula is C5H14NO4P. The second-order valence-corrected chi connectivity index (χ2v) is 3.90. The van der Waals surface area contributed by atoms with Gasteiger partial charge in [0.2, 0.25) is 0 Å². The average molecular weight is 183 g/mol. The molecule has 11 heavy (non-hydrogen) atoms. The van der Waals surface area contributed by atoms with Gasteiger partial charge in [-0.1, -0.05) is 0 Å². The lowest BCUT2D eigenvalue weighted by Crippen LogP contribution is -2.11. The number of ether oxygens (including phenoxy) is 1. The summed E-state index contributed by atoms with van der Waals surface area (Å²) in [6.07, 6.45) is 0. The first-order valence-electron chi connectivity index (χ1n) is 3.29. The van der Waals surface area contributed by atoms with Gasteiger partial charge in [0.25, 0.3) is 0 Å². The van der Waals surface area contributed by atoms with E-state index in [0.717, 1.165) is 6.66 Å². The van der Waals surface area contributed by atoms with Gasteiger partial charge in [0.05, 0.1) is 19.8 Å². The van der Waals surface area contributed by atoms with Crippen LogP contribution in [0, 0.1) is 0 Å². The molecule has 0 heterocycles. The maximum absolute atomic E-state index is 10.5. The Labute approximate surface area is 66.0 Å². The maximum atomic E-state index is 10.5. The van der Waals surface area contributed by atoms with E-state index in [9.17, 15) is 4.57 Å². The lowest BCUT2D eigenvalue weighted by molar-refractivity contribution is 0.101. The Balaban J connectivity index is 3.09. The second kappa shape index (κ2) is 5.69. The van der Waals surface area contributed by atoms with Crippen LogP contribution in [0.1, 0.15) is 0 Å². The van der Waals surface area contributed by atoms with E-state index >= 15 is 0 Å². The Bertz CT molecular complexity index is 134. The van der Waals surface area contributed by atoms with Gasteiger partial charge in [-0.2, -0.15) is 0 Å². The standard InChI is InChI=1S/C5H14NO4P/c1-11(7,8)10-5-4-9-3-2-6/h2-6H2,1H3,(H,7,8). The molecule has 5 nitrogen and oxygen atoms in total. The highest BCUT2D eigenvalue weighted by Gasteiger charge is 2.08. The van der Waals surface area contributed by atoms with Crippen molar-refractivity contribution in [2.75, 3.05) is 33.0 Å². The van der Waals surface area contributed by atoms with E-state index in [1.807, 2.05) is 0 Å². The highest BCUT2D eigenvalue weighted by atomic mass is 31.2. The molecule has 0 saturated carbocycles. The Morgan fingerprint density at radius 1 is 1.45 bits per heavy atom. The summed E-state index contributed by atoms with van der Waals surface area (Å²) in [7, 11) is -3.33. The van der Waals surface area contributed by atoms with Crippen LogP contribution in [0.15, 0.2) is 0 Å². The van der Waals surface area contributed by atoms with Gasteiger partial charge in [-0.25, -0.2) is 0 Å². The molecule has 0 rings (SSSR count). The van der Waals surface area contributed by atoms with Gasteiger partial charge < -0.3 is 19.9 Å². The van der Waals surface area contributed by atoms with Gasteiger partial charge in [0, 0.05) is 13.2 Å². The number of nitrogens with two attached hydrogens (primary N) is 1. The van der Waals surface area contributed by atoms with E-state index in [4.69, 9.17) is 15.4 Å². The molecule has 0 saturated heterocycles. The minimum atomic E-state index is -3.33. The first-order chi connectivity index (χ1) is 5.06. The molecule has 0 aliphatic heterocycles. The highest BCUT2D eigenvalue weighted by molar-refractivity contribution is 7.51. The molecule has 0 radical (unpaired) electrons. The summed E-state index contributed by atoms with van der Waals surface area (Å²) in [5, 5.41) is 0. The summed E-state index contributed by atoms with van der Waals surface area (Å²) in [6.45, 7) is 2.46. The molecule has 6 heteroatoms. The van der Waals surface area contributed by atoms with Crippen LogP contribution in [0.25, 0.3) is 0 Å². The predicted molar refractivity (Wildman–Crippen MR) is 41.6 cm³/mol. The molecular weight excluding hydrogens is 169 g/mol. The Morgan fingerprint density at radius 3 is 2.55 bits per heavy atom. The van der Waals surface area contributed by atoms with Gasteiger partial charge >= 0.3 is 7.60 Å². The van der Waals surface area contributed by atoms with E-state index in [1.54, 1.807) is 0 Å². The zero-order valence-corrected chi connectivity index (χ0v) is 7.42. The Kier molecular flexibility index (Phi) is 5.72. The quantitative estimate of drug-likeness (QED) is 0.440. The summed E-state index contributed by atoms with van der Waals surface area (Å²) >= 11 is 0. The van der Waals surface area contributed by atoms with E-state index in [1.165, 1.54) is 0 Å². The molecule has 3 N–H and O–H groups in total. The summed E-state index contributed by atoms with van der Waals surface area (Å²) in [5.74, 6) is 0. The van der Waals surface area contributed by atoms with Crippen LogP contribution in [-0.2, 0) is 13.8 Å². The maximum Gasteiger partial charge on any atom is 0.325 e. The van der Waals surface area contributed by atoms with Crippen LogP contribution in [0.4, 0.5) is 0 Å². The molecule has 0 amide bonds. The molecule has 0 aliphatic rings. The fourth-order valence-corrected chi connectivity index (χ4v) is 0.864. The Hall–Kier alpha value is 0.0700. The van der Waals surface area contributed by atoms with Crippen LogP contribution in [-0.4, -0.2) is 37.9 Å². The first kappa shape index (κ1) is 11.1. The van der Waals surface area contributed by atoms with Crippen molar-refractivity contribution in [1.82, 2.24) is 0 Å². The van der Waals surface area contributed by atoms with Crippen molar-refractivity contribution in [2.45, 2.75) is 0 Å². The van der Waals surface area contributed by atoms with Gasteiger partial charge in [-0.3, -0.25) is 4.57 Å². The van der Waals surface area contributed by atoms with Gasteiger partial charge in [-0.05, 0) is 0 Å². The molecule has 0 bridgehead atoms. The van der Waals surface area contributed by atoms with Gasteiger partial charge in [0.15, 0.2) is 0 Å². The van der Waals surface area contributed by atoms with Crippen molar-refractivity contribution in [3.8, 4) is 0 Å². The van der Waals surface area contributed by atoms with E-state index in [-0.39, 0.29) is 6.61 Å². The van der Waals surface area contributed by atoms with Crippen molar-refractivity contribution in [1.29, 1.82) is 0 Å². The molecule has 0 spiro atoms. The van der Waals surface area contributed by atoms with Crippen molar-refractivity contribution >= 4 is 7.60 Å². The van der Waals surface area contributed by atoms with Gasteiger partial charge in [-0.15, -0.1) is 0 Å². The zero-order valence-electron chi connectivity index (χ0n) is 6.52. The number of hydrogen-bond donors (Lipinski definition) is 2. The topological polar surface area (TPSA) is 81.8 Å². The minimum Gasteiger partial charge on any atom is -0.378 e. The van der Waals surface area contributed by atoms with Crippen LogP contribution >= 0.6 is 7.60 Å². The predicted octanol–water partition coefficient (Wildman–Crippen LogP) is -0.207. The fourth-order valence-electron chi connectivity index (χ4n) is 0.451. The van der Waals surface area contributed by atoms with Crippen LogP contribution in [0.2, 0.25) is 0 Å². The molecule has 0 aromatic heterocycles. The van der Waals surface area contributed by atoms with Crippen molar-refractivity contribution in [3.05, 3.63) is 0 Å². The normalized spacial score (nSPS) is 16.3. The highest BCUT2D eigenvalue weighted by Crippen LogP contribution is 2.35. The van der Waals surface area contributed by atoms with Crippen molar-refractivity contribution in [2.24, 2.45) is 5.73 Å². The van der Waals surface area contributed by atoms with E-state index in [2.05, 4.69) is 4.52 Å². The molecule has 0 fully saturated rings. The molecule has 0 aromatic rings. The molecule has 1 unspecified atom stereocenters. The smallest absolute Gasteiger partial charge is 0.325 e. The zero-order chi connectivity index (χ0) is 8.74. The van der Waals surface area contributed by atoms with Crippen molar-refractivity contribution in [3.63, 3.8) is 0 Å². The third-order valence-corrected chi connectivity index (χ3v) is 1.48. The summed E-state index contributed by atoms with van der Waals surface area (Å²) in [4.78, 5) is 8.63. The largest absolute Gasteiger partial charge is 0.378 e. The first-order valence-corrected chi connectivity index (χ1v) is 5.31. The minimum absolute atomic E-state index is 0.129. The van der Waals surface area contributed by atoms with E-state index in [0.29, 0.717) is 19.8 Å². The van der Waals surface area contributed by atoms with E-state index < -0.39 is 7.60 Å².